The summed E-state index contributed by atoms with van der Waals surface area (Å²) >= 11 is 1.71. The van der Waals surface area contributed by atoms with E-state index in [0.717, 1.165) is 22.5 Å². The second-order valence-corrected chi connectivity index (χ2v) is 7.93. The van der Waals surface area contributed by atoms with Crippen LogP contribution in [-0.4, -0.2) is 19.2 Å². The predicted octanol–water partition coefficient (Wildman–Crippen LogP) is 3.82. The van der Waals surface area contributed by atoms with Crippen molar-refractivity contribution in [2.45, 2.75) is 16.7 Å². The molecule has 0 aliphatic carbocycles. The van der Waals surface area contributed by atoms with Gasteiger partial charge in [-0.25, -0.2) is 13.6 Å². The van der Waals surface area contributed by atoms with Gasteiger partial charge < -0.3 is 4.57 Å². The molecule has 3 aromatic rings. The summed E-state index contributed by atoms with van der Waals surface area (Å²) in [5.74, 6) is 0. The van der Waals surface area contributed by atoms with E-state index < -0.39 is 10.0 Å². The Morgan fingerprint density at radius 2 is 1.58 bits per heavy atom. The molecule has 2 aromatic carbocycles. The molecule has 0 amide bonds. The number of sulfonamides is 1. The van der Waals surface area contributed by atoms with Crippen LogP contribution in [0.4, 0.5) is 0 Å². The lowest BCUT2D eigenvalue weighted by Gasteiger charge is -2.12. The first kappa shape index (κ1) is 16.8. The molecule has 3 rings (SSSR count). The van der Waals surface area contributed by atoms with Gasteiger partial charge in [0.25, 0.3) is 0 Å². The van der Waals surface area contributed by atoms with Crippen LogP contribution in [0.25, 0.3) is 16.9 Å². The Morgan fingerprint density at radius 3 is 2.12 bits per heavy atom. The summed E-state index contributed by atoms with van der Waals surface area (Å²) in [6.07, 6.45) is 4.04. The van der Waals surface area contributed by atoms with E-state index in [9.17, 15) is 8.42 Å². The van der Waals surface area contributed by atoms with Crippen LogP contribution in [0.5, 0.6) is 0 Å². The van der Waals surface area contributed by atoms with Gasteiger partial charge in [0.2, 0.25) is 10.0 Å². The highest BCUT2D eigenvalue weighted by atomic mass is 32.2. The largest absolute Gasteiger partial charge is 0.316 e. The second-order valence-electron chi connectivity index (χ2n) is 5.48. The number of hydrogen-bond acceptors (Lipinski definition) is 3. The molecule has 4 nitrogen and oxygen atoms in total. The van der Waals surface area contributed by atoms with Crippen molar-refractivity contribution in [1.29, 1.82) is 0 Å². The van der Waals surface area contributed by atoms with Crippen LogP contribution < -0.4 is 5.14 Å². The fraction of sp³-hybridized carbons (Fsp3) is 0.111. The number of rotatable bonds is 4. The van der Waals surface area contributed by atoms with E-state index in [4.69, 9.17) is 5.14 Å². The Hall–Kier alpha value is -2.02. The third-order valence-corrected chi connectivity index (χ3v) is 5.57. The minimum atomic E-state index is -3.68. The highest BCUT2D eigenvalue weighted by Gasteiger charge is 2.12. The third kappa shape index (κ3) is 3.26. The summed E-state index contributed by atoms with van der Waals surface area (Å²) in [5, 5.41) is 5.16. The average molecular weight is 358 g/mol. The molecule has 24 heavy (non-hydrogen) atoms. The van der Waals surface area contributed by atoms with Crippen LogP contribution in [0.3, 0.4) is 0 Å². The maximum absolute atomic E-state index is 11.4. The highest BCUT2D eigenvalue weighted by Crippen LogP contribution is 2.29. The monoisotopic (exact) mass is 358 g/mol. The van der Waals surface area contributed by atoms with Crippen molar-refractivity contribution < 1.29 is 8.42 Å². The Labute approximate surface area is 146 Å². The van der Waals surface area contributed by atoms with Crippen molar-refractivity contribution in [2.24, 2.45) is 5.14 Å². The molecule has 1 heterocycles. The molecule has 0 aliphatic heterocycles. The molecule has 0 saturated carbocycles. The number of aromatic nitrogens is 1. The lowest BCUT2D eigenvalue weighted by atomic mass is 10.1. The summed E-state index contributed by atoms with van der Waals surface area (Å²) in [6.45, 7) is 2.06. The molecule has 0 saturated heterocycles. The fourth-order valence-corrected chi connectivity index (χ4v) is 3.58. The van der Waals surface area contributed by atoms with Gasteiger partial charge in [-0.05, 0) is 66.8 Å². The first-order chi connectivity index (χ1) is 11.4. The summed E-state index contributed by atoms with van der Waals surface area (Å²) in [6, 6.07) is 17.0. The first-order valence-corrected chi connectivity index (χ1v) is 10.1. The zero-order chi connectivity index (χ0) is 17.3. The van der Waals surface area contributed by atoms with Crippen LogP contribution in [0, 0.1) is 6.92 Å². The van der Waals surface area contributed by atoms with Gasteiger partial charge in [-0.1, -0.05) is 12.1 Å². The molecule has 0 spiro atoms. The van der Waals surface area contributed by atoms with E-state index in [2.05, 4.69) is 42.0 Å². The molecule has 0 aliphatic rings. The van der Waals surface area contributed by atoms with Crippen LogP contribution in [-0.2, 0) is 10.0 Å². The highest BCUT2D eigenvalue weighted by molar-refractivity contribution is 7.98. The number of hydrogen-bond donors (Lipinski definition) is 1. The molecular weight excluding hydrogens is 340 g/mol. The maximum atomic E-state index is 11.4. The third-order valence-electron chi connectivity index (χ3n) is 3.89. The first-order valence-electron chi connectivity index (χ1n) is 7.36. The van der Waals surface area contributed by atoms with Crippen molar-refractivity contribution >= 4 is 21.8 Å². The van der Waals surface area contributed by atoms with Gasteiger partial charge in [0.15, 0.2) is 0 Å². The molecule has 0 atom stereocenters. The quantitative estimate of drug-likeness (QED) is 0.721. The van der Waals surface area contributed by atoms with E-state index in [1.807, 2.05) is 12.3 Å². The summed E-state index contributed by atoms with van der Waals surface area (Å²) in [5.41, 5.74) is 4.25. The van der Waals surface area contributed by atoms with E-state index >= 15 is 0 Å². The average Bonchev–Trinajstić information content (AvgIpc) is 2.96. The zero-order valence-electron chi connectivity index (χ0n) is 13.4. The number of aryl methyl sites for hydroxylation is 1. The van der Waals surface area contributed by atoms with Crippen molar-refractivity contribution in [2.75, 3.05) is 6.26 Å². The number of primary sulfonamides is 1. The van der Waals surface area contributed by atoms with Crippen LogP contribution >= 0.6 is 11.8 Å². The van der Waals surface area contributed by atoms with Crippen LogP contribution in [0.15, 0.2) is 70.6 Å². The van der Waals surface area contributed by atoms with Crippen molar-refractivity contribution in [3.8, 4) is 16.9 Å². The summed E-state index contributed by atoms with van der Waals surface area (Å²) in [4.78, 5) is 1.33. The van der Waals surface area contributed by atoms with Gasteiger partial charge in [-0.2, -0.15) is 0 Å². The Kier molecular flexibility index (Phi) is 4.54. The topological polar surface area (TPSA) is 65.1 Å². The fourth-order valence-electron chi connectivity index (χ4n) is 2.66. The van der Waals surface area contributed by atoms with E-state index in [1.165, 1.54) is 17.0 Å². The van der Waals surface area contributed by atoms with Gasteiger partial charge in [-0.3, -0.25) is 0 Å². The van der Waals surface area contributed by atoms with E-state index in [-0.39, 0.29) is 4.90 Å². The van der Waals surface area contributed by atoms with Gasteiger partial charge in [-0.15, -0.1) is 11.8 Å². The van der Waals surface area contributed by atoms with E-state index in [0.29, 0.717) is 0 Å². The Balaban J connectivity index is 2.06. The van der Waals surface area contributed by atoms with Crippen molar-refractivity contribution in [1.82, 2.24) is 4.57 Å². The minimum absolute atomic E-state index is 0.112. The van der Waals surface area contributed by atoms with Crippen molar-refractivity contribution in [3.63, 3.8) is 0 Å². The number of thioether (sulfide) groups is 1. The van der Waals surface area contributed by atoms with Crippen LogP contribution in [0.2, 0.25) is 0 Å². The maximum Gasteiger partial charge on any atom is 0.238 e. The van der Waals surface area contributed by atoms with Gasteiger partial charge in [0, 0.05) is 16.8 Å². The Bertz CT molecular complexity index is 957. The number of nitrogens with zero attached hydrogens (tertiary/aromatic N) is 1. The standard InChI is InChI=1S/C18H18N2O2S2/c1-13-11-12-20(15-5-9-17(10-6-15)24(19,21)22)18(13)14-3-7-16(23-2)8-4-14/h3-12H,1-2H3,(H2,19,21,22). The molecular formula is C18H18N2O2S2. The van der Waals surface area contributed by atoms with E-state index in [1.54, 1.807) is 23.9 Å². The van der Waals surface area contributed by atoms with Gasteiger partial charge >= 0.3 is 0 Å². The molecule has 1 aromatic heterocycles. The minimum Gasteiger partial charge on any atom is -0.316 e. The number of nitrogens with two attached hydrogens (primary N) is 1. The van der Waals surface area contributed by atoms with Gasteiger partial charge in [0.05, 0.1) is 10.6 Å². The zero-order valence-corrected chi connectivity index (χ0v) is 15.1. The molecule has 0 unspecified atom stereocenters. The molecule has 124 valence electrons. The smallest absolute Gasteiger partial charge is 0.238 e. The molecule has 0 bridgehead atoms. The Morgan fingerprint density at radius 1 is 0.958 bits per heavy atom. The predicted molar refractivity (Wildman–Crippen MR) is 99.1 cm³/mol. The normalized spacial score (nSPS) is 11.6. The summed E-state index contributed by atoms with van der Waals surface area (Å²) < 4.78 is 24.9. The molecule has 2 N–H and O–H groups in total. The summed E-state index contributed by atoms with van der Waals surface area (Å²) in [7, 11) is -3.68. The lowest BCUT2D eigenvalue weighted by molar-refractivity contribution is 0.598. The lowest BCUT2D eigenvalue weighted by Crippen LogP contribution is -2.12. The van der Waals surface area contributed by atoms with Crippen molar-refractivity contribution in [3.05, 3.63) is 66.4 Å². The SMILES string of the molecule is CSc1ccc(-c2c(C)ccn2-c2ccc(S(N)(=O)=O)cc2)cc1. The number of benzene rings is 2. The molecule has 6 heteroatoms. The van der Waals surface area contributed by atoms with Gasteiger partial charge in [0.1, 0.15) is 0 Å². The van der Waals surface area contributed by atoms with Crippen LogP contribution in [0.1, 0.15) is 5.56 Å². The second kappa shape index (κ2) is 6.47. The molecule has 0 radical (unpaired) electrons. The molecule has 0 fully saturated rings.